The van der Waals surface area contributed by atoms with E-state index in [0.29, 0.717) is 37.8 Å². The molecule has 0 radical (unpaired) electrons. The molecule has 6 nitrogen and oxygen atoms in total. The summed E-state index contributed by atoms with van der Waals surface area (Å²) in [6, 6.07) is 11.0. The molecule has 0 atom stereocenters. The minimum atomic E-state index is 0.448. The highest BCUT2D eigenvalue weighted by Crippen LogP contribution is 2.28. The molecule has 0 saturated carbocycles. The smallest absolute Gasteiger partial charge is 0.0913 e. The molecular formula is C18H24N4O2. The Labute approximate surface area is 142 Å². The first kappa shape index (κ1) is 17.9. The van der Waals surface area contributed by atoms with Crippen molar-refractivity contribution >= 4 is 22.7 Å². The average molecular weight is 328 g/mol. The SMILES string of the molecule is CCOCc1cc(N)ccc1N=Nc1ccc(N)cc1COCC. The quantitative estimate of drug-likeness (QED) is 0.556. The molecule has 4 N–H and O–H groups in total. The minimum Gasteiger partial charge on any atom is -0.399 e. The van der Waals surface area contributed by atoms with Gasteiger partial charge < -0.3 is 20.9 Å². The third-order valence-corrected chi connectivity index (χ3v) is 3.40. The van der Waals surface area contributed by atoms with Gasteiger partial charge in [-0.05, 0) is 50.2 Å². The number of ether oxygens (including phenoxy) is 2. The lowest BCUT2D eigenvalue weighted by Crippen LogP contribution is -1.95. The Morgan fingerprint density at radius 1 is 0.750 bits per heavy atom. The summed E-state index contributed by atoms with van der Waals surface area (Å²) in [7, 11) is 0. The van der Waals surface area contributed by atoms with Gasteiger partial charge >= 0.3 is 0 Å². The molecule has 2 aromatic carbocycles. The molecule has 128 valence electrons. The van der Waals surface area contributed by atoms with Gasteiger partial charge in [0.2, 0.25) is 0 Å². The molecule has 0 fully saturated rings. The Morgan fingerprint density at radius 2 is 1.17 bits per heavy atom. The molecule has 0 aliphatic heterocycles. The number of benzene rings is 2. The van der Waals surface area contributed by atoms with E-state index in [2.05, 4.69) is 10.2 Å². The van der Waals surface area contributed by atoms with Gasteiger partial charge in [0.15, 0.2) is 0 Å². The normalized spacial score (nSPS) is 11.2. The maximum Gasteiger partial charge on any atom is 0.0913 e. The van der Waals surface area contributed by atoms with E-state index in [4.69, 9.17) is 20.9 Å². The van der Waals surface area contributed by atoms with Crippen LogP contribution in [0.25, 0.3) is 0 Å². The predicted molar refractivity (Wildman–Crippen MR) is 96.5 cm³/mol. The fourth-order valence-corrected chi connectivity index (χ4v) is 2.17. The molecule has 2 aromatic rings. The lowest BCUT2D eigenvalue weighted by Gasteiger charge is -2.08. The molecule has 0 unspecified atom stereocenters. The number of azo groups is 1. The van der Waals surface area contributed by atoms with E-state index >= 15 is 0 Å². The van der Waals surface area contributed by atoms with Crippen molar-refractivity contribution in [2.45, 2.75) is 27.1 Å². The highest BCUT2D eigenvalue weighted by molar-refractivity contribution is 5.57. The van der Waals surface area contributed by atoms with E-state index in [-0.39, 0.29) is 0 Å². The summed E-state index contributed by atoms with van der Waals surface area (Å²) in [5, 5.41) is 8.72. The van der Waals surface area contributed by atoms with Crippen molar-refractivity contribution < 1.29 is 9.47 Å². The Bertz CT molecular complexity index is 642. The van der Waals surface area contributed by atoms with E-state index in [1.807, 2.05) is 38.1 Å². The van der Waals surface area contributed by atoms with Crippen molar-refractivity contribution in [2.75, 3.05) is 24.7 Å². The van der Waals surface area contributed by atoms with E-state index in [9.17, 15) is 0 Å². The molecule has 0 heterocycles. The van der Waals surface area contributed by atoms with Gasteiger partial charge in [-0.25, -0.2) is 0 Å². The lowest BCUT2D eigenvalue weighted by atomic mass is 10.1. The standard InChI is InChI=1S/C18H24N4O2/c1-3-23-11-13-9-15(19)5-7-17(13)21-22-18-8-6-16(20)10-14(18)12-24-4-2/h5-10H,3-4,11-12,19-20H2,1-2H3. The zero-order valence-corrected chi connectivity index (χ0v) is 14.2. The molecule has 0 bridgehead atoms. The van der Waals surface area contributed by atoms with E-state index in [1.165, 1.54) is 0 Å². The second kappa shape index (κ2) is 9.00. The summed E-state index contributed by atoms with van der Waals surface area (Å²) in [5.74, 6) is 0. The molecule has 0 amide bonds. The van der Waals surface area contributed by atoms with Gasteiger partial charge in [-0.15, -0.1) is 0 Å². The summed E-state index contributed by atoms with van der Waals surface area (Å²) in [6.07, 6.45) is 0. The van der Waals surface area contributed by atoms with Crippen LogP contribution in [-0.2, 0) is 22.7 Å². The first-order valence-electron chi connectivity index (χ1n) is 7.98. The summed E-state index contributed by atoms with van der Waals surface area (Å²) in [4.78, 5) is 0. The molecule has 0 aromatic heterocycles. The molecule has 24 heavy (non-hydrogen) atoms. The van der Waals surface area contributed by atoms with Gasteiger partial charge in [0.25, 0.3) is 0 Å². The van der Waals surface area contributed by atoms with E-state index in [0.717, 1.165) is 22.5 Å². The third kappa shape index (κ3) is 5.04. The Hall–Kier alpha value is -2.44. The van der Waals surface area contributed by atoms with Crippen LogP contribution in [0.5, 0.6) is 0 Å². The fraction of sp³-hybridized carbons (Fsp3) is 0.333. The number of rotatable bonds is 8. The first-order chi connectivity index (χ1) is 11.6. The number of nitrogens with two attached hydrogens (primary N) is 2. The molecule has 0 aliphatic rings. The topological polar surface area (TPSA) is 95.2 Å². The van der Waals surface area contributed by atoms with Crippen molar-refractivity contribution in [1.82, 2.24) is 0 Å². The summed E-state index contributed by atoms with van der Waals surface area (Å²) in [6.45, 7) is 6.04. The van der Waals surface area contributed by atoms with Crippen molar-refractivity contribution in [3.8, 4) is 0 Å². The van der Waals surface area contributed by atoms with Gasteiger partial charge in [-0.3, -0.25) is 0 Å². The van der Waals surface area contributed by atoms with Crippen LogP contribution in [-0.4, -0.2) is 13.2 Å². The largest absolute Gasteiger partial charge is 0.399 e. The third-order valence-electron chi connectivity index (χ3n) is 3.40. The predicted octanol–water partition coefficient (Wildman–Crippen LogP) is 4.34. The number of anilines is 2. The molecular weight excluding hydrogens is 304 g/mol. The summed E-state index contributed by atoms with van der Waals surface area (Å²) in [5.41, 5.74) is 16.3. The first-order valence-corrected chi connectivity index (χ1v) is 7.98. The van der Waals surface area contributed by atoms with Crippen molar-refractivity contribution in [2.24, 2.45) is 10.2 Å². The van der Waals surface area contributed by atoms with Gasteiger partial charge in [0.05, 0.1) is 24.6 Å². The number of nitrogens with zero attached hydrogens (tertiary/aromatic N) is 2. The number of hydrogen-bond acceptors (Lipinski definition) is 6. The maximum atomic E-state index is 5.84. The second-order valence-corrected chi connectivity index (χ2v) is 5.25. The van der Waals surface area contributed by atoms with Crippen LogP contribution in [0.2, 0.25) is 0 Å². The van der Waals surface area contributed by atoms with Crippen LogP contribution in [0.1, 0.15) is 25.0 Å². The lowest BCUT2D eigenvalue weighted by molar-refractivity contribution is 0.134. The van der Waals surface area contributed by atoms with Crippen molar-refractivity contribution in [1.29, 1.82) is 0 Å². The van der Waals surface area contributed by atoms with Crippen LogP contribution in [0.15, 0.2) is 46.6 Å². The van der Waals surface area contributed by atoms with Crippen molar-refractivity contribution in [3.05, 3.63) is 47.5 Å². The average Bonchev–Trinajstić information content (AvgIpc) is 2.58. The van der Waals surface area contributed by atoms with Crippen LogP contribution in [0.4, 0.5) is 22.7 Å². The monoisotopic (exact) mass is 328 g/mol. The molecule has 0 spiro atoms. The Balaban J connectivity index is 2.27. The van der Waals surface area contributed by atoms with E-state index < -0.39 is 0 Å². The molecule has 0 aliphatic carbocycles. The summed E-state index contributed by atoms with van der Waals surface area (Å²) < 4.78 is 10.9. The van der Waals surface area contributed by atoms with Crippen LogP contribution in [0.3, 0.4) is 0 Å². The van der Waals surface area contributed by atoms with Gasteiger partial charge in [-0.2, -0.15) is 10.2 Å². The van der Waals surface area contributed by atoms with Gasteiger partial charge in [0.1, 0.15) is 0 Å². The highest BCUT2D eigenvalue weighted by atomic mass is 16.5. The second-order valence-electron chi connectivity index (χ2n) is 5.25. The van der Waals surface area contributed by atoms with Gasteiger partial charge in [0, 0.05) is 35.7 Å². The Morgan fingerprint density at radius 3 is 1.54 bits per heavy atom. The minimum absolute atomic E-state index is 0.448. The molecule has 0 saturated heterocycles. The summed E-state index contributed by atoms with van der Waals surface area (Å²) >= 11 is 0. The van der Waals surface area contributed by atoms with Crippen LogP contribution in [0, 0.1) is 0 Å². The van der Waals surface area contributed by atoms with Gasteiger partial charge in [-0.1, -0.05) is 0 Å². The molecule has 6 heteroatoms. The zero-order valence-electron chi connectivity index (χ0n) is 14.2. The van der Waals surface area contributed by atoms with E-state index in [1.54, 1.807) is 12.1 Å². The van der Waals surface area contributed by atoms with Crippen molar-refractivity contribution in [3.63, 3.8) is 0 Å². The molecule has 2 rings (SSSR count). The Kier molecular flexibility index (Phi) is 6.72. The zero-order chi connectivity index (χ0) is 17.4. The fourth-order valence-electron chi connectivity index (χ4n) is 2.17. The number of hydrogen-bond donors (Lipinski definition) is 2. The number of nitrogen functional groups attached to an aromatic ring is 2. The maximum absolute atomic E-state index is 5.84. The van der Waals surface area contributed by atoms with Crippen LogP contribution >= 0.6 is 0 Å². The highest BCUT2D eigenvalue weighted by Gasteiger charge is 2.05. The van der Waals surface area contributed by atoms with Crippen LogP contribution < -0.4 is 11.5 Å².